The molecule has 0 spiro atoms. The van der Waals surface area contributed by atoms with Crippen LogP contribution in [0.25, 0.3) is 6.08 Å². The van der Waals surface area contributed by atoms with Gasteiger partial charge in [0.15, 0.2) is 5.17 Å². The van der Waals surface area contributed by atoms with E-state index in [1.54, 1.807) is 13.3 Å². The molecule has 0 N–H and O–H groups in total. The molecule has 0 bridgehead atoms. The summed E-state index contributed by atoms with van der Waals surface area (Å²) in [6, 6.07) is 7.96. The van der Waals surface area contributed by atoms with Gasteiger partial charge in [-0.15, -0.1) is 11.3 Å². The molecule has 2 fully saturated rings. The van der Waals surface area contributed by atoms with Crippen molar-refractivity contribution in [3.8, 4) is 5.75 Å². The van der Waals surface area contributed by atoms with Crippen molar-refractivity contribution >= 4 is 45.4 Å². The van der Waals surface area contributed by atoms with Crippen molar-refractivity contribution in [2.24, 2.45) is 4.99 Å². The van der Waals surface area contributed by atoms with Crippen LogP contribution in [0.1, 0.15) is 37.7 Å². The maximum atomic E-state index is 13.2. The van der Waals surface area contributed by atoms with Crippen molar-refractivity contribution < 1.29 is 9.53 Å². The molecule has 1 amide bonds. The summed E-state index contributed by atoms with van der Waals surface area (Å²) in [7, 11) is 1.64. The number of ether oxygens (including phenoxy) is 1. The molecule has 4 rings (SSSR count). The number of hydrogen-bond acceptors (Lipinski definition) is 6. The molecule has 0 radical (unpaired) electrons. The Bertz CT molecular complexity index is 871. The lowest BCUT2D eigenvalue weighted by Crippen LogP contribution is -2.40. The lowest BCUT2D eigenvalue weighted by atomic mass is 9.94. The van der Waals surface area contributed by atoms with Crippen LogP contribution in [0.5, 0.6) is 5.75 Å². The average molecular weight is 400 g/mol. The highest BCUT2D eigenvalue weighted by molar-refractivity contribution is 8.18. The Morgan fingerprint density at radius 1 is 1.26 bits per heavy atom. The fourth-order valence-electron chi connectivity index (χ4n) is 3.51. The number of aromatic nitrogens is 1. The monoisotopic (exact) mass is 399 g/mol. The maximum Gasteiger partial charge on any atom is 0.267 e. The van der Waals surface area contributed by atoms with Gasteiger partial charge in [0.1, 0.15) is 5.75 Å². The molecule has 27 heavy (non-hydrogen) atoms. The van der Waals surface area contributed by atoms with E-state index >= 15 is 0 Å². The van der Waals surface area contributed by atoms with Crippen LogP contribution in [-0.2, 0) is 4.79 Å². The van der Waals surface area contributed by atoms with Gasteiger partial charge in [-0.05, 0) is 36.7 Å². The van der Waals surface area contributed by atoms with Crippen molar-refractivity contribution in [1.29, 1.82) is 0 Å². The van der Waals surface area contributed by atoms with E-state index < -0.39 is 0 Å². The van der Waals surface area contributed by atoms with Gasteiger partial charge in [-0.2, -0.15) is 4.99 Å². The topological polar surface area (TPSA) is 54.8 Å². The summed E-state index contributed by atoms with van der Waals surface area (Å²) in [4.78, 5) is 24.8. The van der Waals surface area contributed by atoms with E-state index in [1.807, 2.05) is 40.6 Å². The summed E-state index contributed by atoms with van der Waals surface area (Å²) in [5.41, 5.74) is 0.898. The number of hydrogen-bond donors (Lipinski definition) is 0. The quantitative estimate of drug-likeness (QED) is 0.672. The Morgan fingerprint density at radius 2 is 2.07 bits per heavy atom. The molecule has 1 aliphatic heterocycles. The molecule has 5 nitrogen and oxygen atoms in total. The zero-order chi connectivity index (χ0) is 18.6. The van der Waals surface area contributed by atoms with Crippen molar-refractivity contribution in [2.45, 2.75) is 38.1 Å². The zero-order valence-corrected chi connectivity index (χ0v) is 16.8. The Balaban J connectivity index is 1.70. The van der Waals surface area contributed by atoms with E-state index in [0.717, 1.165) is 42.2 Å². The molecule has 2 heterocycles. The minimum Gasteiger partial charge on any atom is -0.496 e. The van der Waals surface area contributed by atoms with E-state index in [0.29, 0.717) is 10.0 Å². The average Bonchev–Trinajstić information content (AvgIpc) is 3.31. The van der Waals surface area contributed by atoms with Crippen molar-refractivity contribution in [2.75, 3.05) is 7.11 Å². The lowest BCUT2D eigenvalue weighted by Gasteiger charge is -2.30. The molecule has 0 unspecified atom stereocenters. The largest absolute Gasteiger partial charge is 0.496 e. The highest BCUT2D eigenvalue weighted by Crippen LogP contribution is 2.39. The van der Waals surface area contributed by atoms with Gasteiger partial charge in [-0.1, -0.05) is 37.5 Å². The number of rotatable bonds is 4. The second-order valence-corrected chi connectivity index (χ2v) is 8.41. The molecule has 1 aromatic heterocycles. The lowest BCUT2D eigenvalue weighted by molar-refractivity contribution is -0.124. The van der Waals surface area contributed by atoms with Gasteiger partial charge < -0.3 is 4.74 Å². The predicted molar refractivity (Wildman–Crippen MR) is 111 cm³/mol. The minimum absolute atomic E-state index is 0.0353. The fraction of sp³-hybridized carbons (Fsp3) is 0.350. The molecule has 1 aliphatic carbocycles. The number of thiazole rings is 1. The van der Waals surface area contributed by atoms with Gasteiger partial charge in [0, 0.05) is 23.2 Å². The first-order chi connectivity index (χ1) is 13.3. The van der Waals surface area contributed by atoms with Crippen molar-refractivity contribution in [1.82, 2.24) is 9.88 Å². The number of methoxy groups -OCH3 is 1. The number of carbonyl (C=O) groups excluding carboxylic acids is 1. The van der Waals surface area contributed by atoms with Crippen LogP contribution in [0.3, 0.4) is 0 Å². The zero-order valence-electron chi connectivity index (χ0n) is 15.1. The molecule has 1 saturated carbocycles. The molecular formula is C20H21N3O2S2. The smallest absolute Gasteiger partial charge is 0.267 e. The molecule has 2 aliphatic rings. The summed E-state index contributed by atoms with van der Waals surface area (Å²) >= 11 is 2.91. The van der Waals surface area contributed by atoms with Crippen LogP contribution >= 0.6 is 23.1 Å². The molecule has 0 atom stereocenters. The predicted octanol–water partition coefficient (Wildman–Crippen LogP) is 5.09. The Labute approximate surface area is 167 Å². The van der Waals surface area contributed by atoms with Crippen molar-refractivity contribution in [3.63, 3.8) is 0 Å². The SMILES string of the molecule is COc1ccccc1/C=C1\S/C(=N/c2nccs2)N(C2CCCCC2)C1=O. The first-order valence-corrected chi connectivity index (χ1v) is 10.8. The van der Waals surface area contributed by atoms with E-state index in [9.17, 15) is 4.79 Å². The highest BCUT2D eigenvalue weighted by atomic mass is 32.2. The molecule has 140 valence electrons. The molecule has 1 saturated heterocycles. The minimum atomic E-state index is 0.0353. The standard InChI is InChI=1S/C20H21N3O2S2/c1-25-16-10-6-5-7-14(16)13-17-18(24)23(15-8-3-2-4-9-15)20(27-17)22-19-21-11-12-26-19/h5-7,10-13,15H,2-4,8-9H2,1H3/b17-13-,22-20+. The maximum absolute atomic E-state index is 13.2. The first-order valence-electron chi connectivity index (χ1n) is 9.10. The van der Waals surface area contributed by atoms with Gasteiger partial charge >= 0.3 is 0 Å². The summed E-state index contributed by atoms with van der Waals surface area (Å²) in [5.74, 6) is 0.793. The summed E-state index contributed by atoms with van der Waals surface area (Å²) in [6.07, 6.45) is 9.28. The number of para-hydroxylation sites is 1. The summed E-state index contributed by atoms with van der Waals surface area (Å²) in [5, 5.41) is 3.32. The van der Waals surface area contributed by atoms with Crippen LogP contribution in [0, 0.1) is 0 Å². The molecular weight excluding hydrogens is 378 g/mol. The number of aliphatic imine (C=N–C) groups is 1. The van der Waals surface area contributed by atoms with E-state index in [1.165, 1.54) is 29.5 Å². The number of thioether (sulfide) groups is 1. The van der Waals surface area contributed by atoms with Gasteiger partial charge in [0.25, 0.3) is 5.91 Å². The van der Waals surface area contributed by atoms with Crippen molar-refractivity contribution in [3.05, 3.63) is 46.3 Å². The van der Waals surface area contributed by atoms with Gasteiger partial charge in [0.05, 0.1) is 12.0 Å². The molecule has 1 aromatic carbocycles. The molecule has 7 heteroatoms. The number of benzene rings is 1. The third-order valence-electron chi connectivity index (χ3n) is 4.81. The molecule has 2 aromatic rings. The van der Waals surface area contributed by atoms with E-state index in [4.69, 9.17) is 4.74 Å². The number of nitrogens with zero attached hydrogens (tertiary/aromatic N) is 3. The Hall–Kier alpha value is -2.12. The van der Waals surface area contributed by atoms with Crippen LogP contribution in [0.2, 0.25) is 0 Å². The second kappa shape index (κ2) is 8.27. The summed E-state index contributed by atoms with van der Waals surface area (Å²) in [6.45, 7) is 0. The third-order valence-corrected chi connectivity index (χ3v) is 6.46. The second-order valence-electron chi connectivity index (χ2n) is 6.53. The summed E-state index contributed by atoms with van der Waals surface area (Å²) < 4.78 is 5.43. The van der Waals surface area contributed by atoms with Crippen LogP contribution in [-0.4, -0.2) is 34.1 Å². The Morgan fingerprint density at radius 3 is 2.81 bits per heavy atom. The van der Waals surface area contributed by atoms with Crippen LogP contribution in [0.15, 0.2) is 45.7 Å². The number of carbonyl (C=O) groups is 1. The number of amidine groups is 1. The van der Waals surface area contributed by atoms with Crippen LogP contribution < -0.4 is 4.74 Å². The third kappa shape index (κ3) is 3.94. The number of amides is 1. The first kappa shape index (κ1) is 18.3. The fourth-order valence-corrected chi connectivity index (χ4v) is 5.10. The van der Waals surface area contributed by atoms with Crippen LogP contribution in [0.4, 0.5) is 5.13 Å². The van der Waals surface area contributed by atoms with Gasteiger partial charge in [-0.25, -0.2) is 4.98 Å². The highest BCUT2D eigenvalue weighted by Gasteiger charge is 2.38. The van der Waals surface area contributed by atoms with E-state index in [-0.39, 0.29) is 11.9 Å². The van der Waals surface area contributed by atoms with Gasteiger partial charge in [-0.3, -0.25) is 9.69 Å². The normalized spacial score (nSPS) is 21.4. The van der Waals surface area contributed by atoms with Gasteiger partial charge in [0.2, 0.25) is 5.13 Å². The van der Waals surface area contributed by atoms with E-state index in [2.05, 4.69) is 9.98 Å². The Kier molecular flexibility index (Phi) is 5.59.